The molecule has 1 heterocycles. The molecule has 0 aliphatic carbocycles. The summed E-state index contributed by atoms with van der Waals surface area (Å²) in [5, 5.41) is 12.7. The van der Waals surface area contributed by atoms with Gasteiger partial charge in [-0.05, 0) is 53.2 Å². The van der Waals surface area contributed by atoms with Gasteiger partial charge in [0.05, 0.1) is 17.0 Å². The van der Waals surface area contributed by atoms with Gasteiger partial charge in [0, 0.05) is 22.7 Å². The number of hydrogen-bond donors (Lipinski definition) is 2. The fourth-order valence-corrected chi connectivity index (χ4v) is 3.17. The van der Waals surface area contributed by atoms with Crippen LogP contribution in [-0.4, -0.2) is 11.7 Å². The first-order valence-electron chi connectivity index (χ1n) is 6.07. The molecule has 0 fully saturated rings. The van der Waals surface area contributed by atoms with E-state index in [1.54, 1.807) is 11.3 Å². The van der Waals surface area contributed by atoms with Crippen LogP contribution in [-0.2, 0) is 13.2 Å². The van der Waals surface area contributed by atoms with E-state index in [0.29, 0.717) is 6.61 Å². The number of anilines is 1. The number of rotatable bonds is 6. The third-order valence-electron chi connectivity index (χ3n) is 2.63. The average Bonchev–Trinajstić information content (AvgIpc) is 2.83. The first kappa shape index (κ1) is 14.4. The van der Waals surface area contributed by atoms with E-state index < -0.39 is 0 Å². The predicted molar refractivity (Wildman–Crippen MR) is 82.9 cm³/mol. The van der Waals surface area contributed by atoms with Gasteiger partial charge in [-0.2, -0.15) is 0 Å². The lowest BCUT2D eigenvalue weighted by atomic mass is 10.2. The van der Waals surface area contributed by atoms with Crippen LogP contribution in [0, 0.1) is 0 Å². The molecule has 2 aromatic rings. The number of halogens is 1. The van der Waals surface area contributed by atoms with Crippen molar-refractivity contribution < 1.29 is 9.84 Å². The molecule has 2 rings (SSSR count). The minimum Gasteiger partial charge on any atom is -0.494 e. The zero-order valence-electron chi connectivity index (χ0n) is 10.6. The number of thiophene rings is 1. The molecule has 0 spiro atoms. The smallest absolute Gasteiger partial charge is 0.124 e. The summed E-state index contributed by atoms with van der Waals surface area (Å²) in [4.78, 5) is 1.26. The Bertz CT molecular complexity index is 542. The molecule has 0 saturated carbocycles. The summed E-state index contributed by atoms with van der Waals surface area (Å²) >= 11 is 5.16. The Morgan fingerprint density at radius 2 is 2.16 bits per heavy atom. The van der Waals surface area contributed by atoms with Crippen molar-refractivity contribution in [3.8, 4) is 5.75 Å². The summed E-state index contributed by atoms with van der Waals surface area (Å²) in [7, 11) is 0. The Labute approximate surface area is 125 Å². The molecule has 0 amide bonds. The minimum atomic E-state index is -0.0184. The summed E-state index contributed by atoms with van der Waals surface area (Å²) in [5.74, 6) is 0.745. The molecule has 0 radical (unpaired) electrons. The maximum atomic E-state index is 9.35. The van der Waals surface area contributed by atoms with E-state index >= 15 is 0 Å². The summed E-state index contributed by atoms with van der Waals surface area (Å²) in [6.07, 6.45) is 0. The van der Waals surface area contributed by atoms with Crippen LogP contribution in [0.15, 0.2) is 34.1 Å². The van der Waals surface area contributed by atoms with Gasteiger partial charge >= 0.3 is 0 Å². The molecule has 0 aliphatic rings. The molecule has 0 aliphatic heterocycles. The summed E-state index contributed by atoms with van der Waals surface area (Å²) in [6, 6.07) is 9.91. The van der Waals surface area contributed by atoms with E-state index in [0.717, 1.165) is 27.3 Å². The second-order valence-electron chi connectivity index (χ2n) is 3.97. The number of aliphatic hydroxyl groups is 1. The van der Waals surface area contributed by atoms with Crippen LogP contribution < -0.4 is 10.1 Å². The van der Waals surface area contributed by atoms with E-state index in [1.165, 1.54) is 4.88 Å². The van der Waals surface area contributed by atoms with Gasteiger partial charge in [0.25, 0.3) is 0 Å². The molecule has 5 heteroatoms. The quantitative estimate of drug-likeness (QED) is 0.833. The van der Waals surface area contributed by atoms with Gasteiger partial charge in [-0.3, -0.25) is 0 Å². The second kappa shape index (κ2) is 6.93. The zero-order valence-corrected chi connectivity index (χ0v) is 13.1. The molecule has 1 aromatic heterocycles. The van der Waals surface area contributed by atoms with Gasteiger partial charge in [0.2, 0.25) is 0 Å². The third-order valence-corrected chi connectivity index (χ3v) is 4.25. The first-order chi connectivity index (χ1) is 9.22. The highest BCUT2D eigenvalue weighted by Gasteiger charge is 2.04. The van der Waals surface area contributed by atoms with Crippen LogP contribution in [0.5, 0.6) is 5.75 Å². The number of hydrogen-bond acceptors (Lipinski definition) is 4. The second-order valence-corrected chi connectivity index (χ2v) is 6.52. The van der Waals surface area contributed by atoms with Crippen LogP contribution in [0.1, 0.15) is 17.4 Å². The number of aliphatic hydroxyl groups excluding tert-OH is 1. The van der Waals surface area contributed by atoms with E-state index in [2.05, 4.69) is 27.3 Å². The monoisotopic (exact) mass is 341 g/mol. The van der Waals surface area contributed by atoms with E-state index in [9.17, 15) is 5.11 Å². The largest absolute Gasteiger partial charge is 0.494 e. The topological polar surface area (TPSA) is 41.5 Å². The van der Waals surface area contributed by atoms with Crippen molar-refractivity contribution in [3.05, 3.63) is 44.6 Å². The summed E-state index contributed by atoms with van der Waals surface area (Å²) < 4.78 is 6.59. The molecule has 0 saturated heterocycles. The summed E-state index contributed by atoms with van der Waals surface area (Å²) in [6.45, 7) is 3.29. The van der Waals surface area contributed by atoms with Crippen molar-refractivity contribution >= 4 is 33.0 Å². The van der Waals surface area contributed by atoms with Crippen molar-refractivity contribution in [2.24, 2.45) is 0 Å². The van der Waals surface area contributed by atoms with Crippen molar-refractivity contribution in [2.75, 3.05) is 11.9 Å². The molecule has 3 nitrogen and oxygen atoms in total. The highest BCUT2D eigenvalue weighted by molar-refractivity contribution is 9.11. The van der Waals surface area contributed by atoms with Crippen LogP contribution in [0.2, 0.25) is 0 Å². The van der Waals surface area contributed by atoms with Crippen LogP contribution >= 0.6 is 27.3 Å². The molecule has 0 unspecified atom stereocenters. The standard InChI is InChI=1S/C14H16BrNO2S/c1-2-18-13-5-3-11(7-10(13)9-17)16-8-12-4-6-14(15)19-12/h3-7,16-17H,2,8-9H2,1H3. The number of ether oxygens (including phenoxy) is 1. The van der Waals surface area contributed by atoms with Gasteiger partial charge < -0.3 is 15.2 Å². The molecular weight excluding hydrogens is 326 g/mol. The lowest BCUT2D eigenvalue weighted by Gasteiger charge is -2.11. The molecule has 19 heavy (non-hydrogen) atoms. The van der Waals surface area contributed by atoms with Crippen molar-refractivity contribution in [1.29, 1.82) is 0 Å². The van der Waals surface area contributed by atoms with E-state index in [-0.39, 0.29) is 6.61 Å². The Morgan fingerprint density at radius 1 is 1.32 bits per heavy atom. The molecule has 102 valence electrons. The Hall–Kier alpha value is -1.04. The minimum absolute atomic E-state index is 0.0184. The molecular formula is C14H16BrNO2S. The van der Waals surface area contributed by atoms with Crippen LogP contribution in [0.4, 0.5) is 5.69 Å². The van der Waals surface area contributed by atoms with Crippen LogP contribution in [0.25, 0.3) is 0 Å². The predicted octanol–water partition coefficient (Wildman–Crippen LogP) is 4.01. The highest BCUT2D eigenvalue weighted by Crippen LogP contribution is 2.25. The van der Waals surface area contributed by atoms with Crippen LogP contribution in [0.3, 0.4) is 0 Å². The molecule has 1 aromatic carbocycles. The lowest BCUT2D eigenvalue weighted by molar-refractivity contribution is 0.267. The molecule has 0 atom stereocenters. The van der Waals surface area contributed by atoms with E-state index in [4.69, 9.17) is 4.74 Å². The molecule has 2 N–H and O–H groups in total. The maximum absolute atomic E-state index is 9.35. The molecule has 0 bridgehead atoms. The fourth-order valence-electron chi connectivity index (χ4n) is 1.75. The Balaban J connectivity index is 2.04. The number of benzene rings is 1. The average molecular weight is 342 g/mol. The zero-order chi connectivity index (χ0) is 13.7. The van der Waals surface area contributed by atoms with Gasteiger partial charge in [0.1, 0.15) is 5.75 Å². The fraction of sp³-hybridized carbons (Fsp3) is 0.286. The normalized spacial score (nSPS) is 10.5. The number of nitrogens with one attached hydrogen (secondary N) is 1. The summed E-state index contributed by atoms with van der Waals surface area (Å²) in [5.41, 5.74) is 1.79. The van der Waals surface area contributed by atoms with Gasteiger partial charge in [-0.25, -0.2) is 0 Å². The van der Waals surface area contributed by atoms with Crippen molar-refractivity contribution in [3.63, 3.8) is 0 Å². The van der Waals surface area contributed by atoms with Crippen molar-refractivity contribution in [1.82, 2.24) is 0 Å². The highest BCUT2D eigenvalue weighted by atomic mass is 79.9. The van der Waals surface area contributed by atoms with E-state index in [1.807, 2.05) is 31.2 Å². The SMILES string of the molecule is CCOc1ccc(NCc2ccc(Br)s2)cc1CO. The van der Waals surface area contributed by atoms with Gasteiger partial charge in [-0.1, -0.05) is 0 Å². The van der Waals surface area contributed by atoms with Gasteiger partial charge in [0.15, 0.2) is 0 Å². The lowest BCUT2D eigenvalue weighted by Crippen LogP contribution is -2.01. The third kappa shape index (κ3) is 3.96. The maximum Gasteiger partial charge on any atom is 0.124 e. The van der Waals surface area contributed by atoms with Gasteiger partial charge in [-0.15, -0.1) is 11.3 Å². The Kier molecular flexibility index (Phi) is 5.24. The van der Waals surface area contributed by atoms with Crippen molar-refractivity contribution in [2.45, 2.75) is 20.1 Å². The first-order valence-corrected chi connectivity index (χ1v) is 7.68. The Morgan fingerprint density at radius 3 is 2.79 bits per heavy atom.